The third-order valence-corrected chi connectivity index (χ3v) is 3.72. The molecule has 4 nitrogen and oxygen atoms in total. The monoisotopic (exact) mass is 295 g/mol. The van der Waals surface area contributed by atoms with Crippen LogP contribution < -0.4 is 0 Å². The predicted octanol–water partition coefficient (Wildman–Crippen LogP) is 2.66. The van der Waals surface area contributed by atoms with Crippen LogP contribution in [0.15, 0.2) is 18.2 Å². The summed E-state index contributed by atoms with van der Waals surface area (Å²) >= 11 is 6.03. The molecule has 0 amide bonds. The van der Waals surface area contributed by atoms with Crippen LogP contribution in [0.25, 0.3) is 11.0 Å². The number of alkyl halides is 1. The van der Waals surface area contributed by atoms with Crippen molar-refractivity contribution in [1.29, 1.82) is 0 Å². The summed E-state index contributed by atoms with van der Waals surface area (Å²) in [6.07, 6.45) is 0. The second-order valence-corrected chi connectivity index (χ2v) is 5.37. The lowest BCUT2D eigenvalue weighted by molar-refractivity contribution is 0.159. The van der Waals surface area contributed by atoms with Crippen LogP contribution in [0, 0.1) is 6.92 Å². The van der Waals surface area contributed by atoms with Crippen LogP contribution in [-0.2, 0) is 17.2 Å². The number of hydrogen-bond acceptors (Lipinski definition) is 3. The van der Waals surface area contributed by atoms with E-state index in [4.69, 9.17) is 16.3 Å². The molecule has 5 heteroatoms. The second-order valence-electron chi connectivity index (χ2n) is 5.10. The van der Waals surface area contributed by atoms with Crippen molar-refractivity contribution in [2.75, 3.05) is 33.9 Å². The number of ether oxygens (including phenoxy) is 1. The molecule has 0 fully saturated rings. The van der Waals surface area contributed by atoms with Crippen molar-refractivity contribution in [1.82, 2.24) is 14.5 Å². The molecule has 1 aromatic heterocycles. The molecule has 0 aliphatic carbocycles. The quantitative estimate of drug-likeness (QED) is 0.736. The van der Waals surface area contributed by atoms with E-state index in [0.717, 1.165) is 43.1 Å². The minimum absolute atomic E-state index is 0.440. The van der Waals surface area contributed by atoms with Gasteiger partial charge >= 0.3 is 0 Å². The van der Waals surface area contributed by atoms with Gasteiger partial charge in [0, 0.05) is 26.7 Å². The van der Waals surface area contributed by atoms with Gasteiger partial charge < -0.3 is 14.2 Å². The first-order chi connectivity index (χ1) is 9.65. The smallest absolute Gasteiger partial charge is 0.124 e. The van der Waals surface area contributed by atoms with Crippen LogP contribution in [0.1, 0.15) is 11.4 Å². The predicted molar refractivity (Wildman–Crippen MR) is 83.4 cm³/mol. The van der Waals surface area contributed by atoms with E-state index < -0.39 is 0 Å². The molecule has 1 aromatic carbocycles. The van der Waals surface area contributed by atoms with Crippen molar-refractivity contribution in [3.05, 3.63) is 29.6 Å². The summed E-state index contributed by atoms with van der Waals surface area (Å²) < 4.78 is 7.31. The van der Waals surface area contributed by atoms with Gasteiger partial charge in [0.1, 0.15) is 5.82 Å². The normalized spacial score (nSPS) is 11.7. The van der Waals surface area contributed by atoms with Crippen LogP contribution in [0.4, 0.5) is 0 Å². The van der Waals surface area contributed by atoms with E-state index in [-0.39, 0.29) is 0 Å². The molecular weight excluding hydrogens is 274 g/mol. The summed E-state index contributed by atoms with van der Waals surface area (Å²) in [5.41, 5.74) is 3.41. The van der Waals surface area contributed by atoms with Gasteiger partial charge in [-0.05, 0) is 31.7 Å². The maximum absolute atomic E-state index is 6.03. The Morgan fingerprint density at radius 1 is 1.35 bits per heavy atom. The fourth-order valence-electron chi connectivity index (χ4n) is 2.27. The van der Waals surface area contributed by atoms with Gasteiger partial charge in [-0.15, -0.1) is 11.6 Å². The average Bonchev–Trinajstić information content (AvgIpc) is 2.79. The molecule has 0 atom stereocenters. The first kappa shape index (κ1) is 15.3. The minimum atomic E-state index is 0.440. The molecule has 2 rings (SSSR count). The number of aromatic nitrogens is 2. The Hall–Kier alpha value is -1.10. The zero-order valence-electron chi connectivity index (χ0n) is 12.4. The van der Waals surface area contributed by atoms with Gasteiger partial charge in [0.25, 0.3) is 0 Å². The molecule has 0 spiro atoms. The van der Waals surface area contributed by atoms with Crippen LogP contribution in [0.2, 0.25) is 0 Å². The van der Waals surface area contributed by atoms with E-state index in [2.05, 4.69) is 46.6 Å². The topological polar surface area (TPSA) is 30.3 Å². The Morgan fingerprint density at radius 3 is 2.85 bits per heavy atom. The summed E-state index contributed by atoms with van der Waals surface area (Å²) in [7, 11) is 3.83. The standard InChI is InChI=1S/C15H22ClN3O/c1-12-4-5-14-13(10-12)17-15(11-16)19(14)7-6-18(2)8-9-20-3/h4-5,10H,6-9,11H2,1-3H3. The van der Waals surface area contributed by atoms with Crippen molar-refractivity contribution in [2.24, 2.45) is 0 Å². The lowest BCUT2D eigenvalue weighted by atomic mass is 10.2. The number of rotatable bonds is 7. The highest BCUT2D eigenvalue weighted by molar-refractivity contribution is 6.16. The lowest BCUT2D eigenvalue weighted by Gasteiger charge is -2.17. The molecule has 0 unspecified atom stereocenters. The highest BCUT2D eigenvalue weighted by Crippen LogP contribution is 2.19. The number of nitrogens with zero attached hydrogens (tertiary/aromatic N) is 3. The molecule has 0 aliphatic rings. The van der Waals surface area contributed by atoms with Gasteiger partial charge in [0.05, 0.1) is 23.5 Å². The number of imidazole rings is 1. The van der Waals surface area contributed by atoms with Crippen LogP contribution in [0.5, 0.6) is 0 Å². The van der Waals surface area contributed by atoms with Crippen LogP contribution in [-0.4, -0.2) is 48.3 Å². The second kappa shape index (κ2) is 7.07. The largest absolute Gasteiger partial charge is 0.383 e. The molecule has 0 bridgehead atoms. The third kappa shape index (κ3) is 3.51. The molecule has 1 heterocycles. The van der Waals surface area contributed by atoms with Gasteiger partial charge in [-0.3, -0.25) is 0 Å². The molecule has 110 valence electrons. The van der Waals surface area contributed by atoms with Crippen molar-refractivity contribution in [2.45, 2.75) is 19.3 Å². The fourth-order valence-corrected chi connectivity index (χ4v) is 2.47. The Morgan fingerprint density at radius 2 is 2.15 bits per heavy atom. The highest BCUT2D eigenvalue weighted by atomic mass is 35.5. The maximum atomic E-state index is 6.03. The Bertz CT molecular complexity index is 567. The number of aryl methyl sites for hydroxylation is 1. The van der Waals surface area contributed by atoms with Gasteiger partial charge in [-0.25, -0.2) is 4.98 Å². The summed E-state index contributed by atoms with van der Waals surface area (Å²) in [5, 5.41) is 0. The number of benzene rings is 1. The summed E-state index contributed by atoms with van der Waals surface area (Å²) in [6, 6.07) is 6.35. The molecule has 0 aliphatic heterocycles. The van der Waals surface area contributed by atoms with Gasteiger partial charge in [0.15, 0.2) is 0 Å². The lowest BCUT2D eigenvalue weighted by Crippen LogP contribution is -2.27. The first-order valence-corrected chi connectivity index (χ1v) is 7.38. The first-order valence-electron chi connectivity index (χ1n) is 6.85. The van der Waals surface area contributed by atoms with Gasteiger partial charge in [0.2, 0.25) is 0 Å². The summed E-state index contributed by atoms with van der Waals surface area (Å²) in [5.74, 6) is 1.38. The maximum Gasteiger partial charge on any atom is 0.124 e. The molecule has 20 heavy (non-hydrogen) atoms. The van der Waals surface area contributed by atoms with E-state index in [0.29, 0.717) is 5.88 Å². The van der Waals surface area contributed by atoms with E-state index in [1.54, 1.807) is 7.11 Å². The van der Waals surface area contributed by atoms with E-state index >= 15 is 0 Å². The van der Waals surface area contributed by atoms with Gasteiger partial charge in [-0.1, -0.05) is 6.07 Å². The molecule has 0 saturated carbocycles. The number of fused-ring (bicyclic) bond motifs is 1. The molecule has 0 saturated heterocycles. The Kier molecular flexibility index (Phi) is 5.40. The number of methoxy groups -OCH3 is 1. The molecular formula is C15H22ClN3O. The van der Waals surface area contributed by atoms with Crippen LogP contribution >= 0.6 is 11.6 Å². The van der Waals surface area contributed by atoms with E-state index in [1.165, 1.54) is 5.56 Å². The average molecular weight is 296 g/mol. The SMILES string of the molecule is COCCN(C)CCn1c(CCl)nc2cc(C)ccc21. The van der Waals surface area contributed by atoms with Gasteiger partial charge in [-0.2, -0.15) is 0 Å². The van der Waals surface area contributed by atoms with Crippen LogP contribution in [0.3, 0.4) is 0 Å². The van der Waals surface area contributed by atoms with Crippen molar-refractivity contribution in [3.63, 3.8) is 0 Å². The molecule has 2 aromatic rings. The van der Waals surface area contributed by atoms with Crippen molar-refractivity contribution in [3.8, 4) is 0 Å². The number of likely N-dealkylation sites (N-methyl/N-ethyl adjacent to an activating group) is 1. The van der Waals surface area contributed by atoms with E-state index in [1.807, 2.05) is 0 Å². The number of hydrogen-bond donors (Lipinski definition) is 0. The zero-order chi connectivity index (χ0) is 14.5. The minimum Gasteiger partial charge on any atom is -0.383 e. The van der Waals surface area contributed by atoms with E-state index in [9.17, 15) is 0 Å². The Balaban J connectivity index is 2.15. The molecule has 0 radical (unpaired) electrons. The highest BCUT2D eigenvalue weighted by Gasteiger charge is 2.10. The van der Waals surface area contributed by atoms with Crippen molar-refractivity contribution < 1.29 is 4.74 Å². The summed E-state index contributed by atoms with van der Waals surface area (Å²) in [4.78, 5) is 6.87. The molecule has 0 N–H and O–H groups in total. The Labute approximate surface area is 125 Å². The van der Waals surface area contributed by atoms with Crippen molar-refractivity contribution >= 4 is 22.6 Å². The third-order valence-electron chi connectivity index (χ3n) is 3.48. The fraction of sp³-hybridized carbons (Fsp3) is 0.533. The number of halogens is 1. The zero-order valence-corrected chi connectivity index (χ0v) is 13.2. The summed E-state index contributed by atoms with van der Waals surface area (Å²) in [6.45, 7) is 5.60.